The Morgan fingerprint density at radius 2 is 2.05 bits per heavy atom. The number of halogens is 4. The lowest BCUT2D eigenvalue weighted by Crippen LogP contribution is -2.05. The number of rotatable bonds is 2. The van der Waals surface area contributed by atoms with Crippen LogP contribution >= 0.6 is 22.9 Å². The molecule has 106 valence electrons. The molecule has 2 rings (SSSR count). The van der Waals surface area contributed by atoms with Crippen LogP contribution in [0.1, 0.15) is 12.5 Å². The first-order valence-corrected chi connectivity index (χ1v) is 6.63. The third kappa shape index (κ3) is 3.49. The third-order valence-corrected chi connectivity index (χ3v) is 3.28. The Morgan fingerprint density at radius 1 is 1.35 bits per heavy atom. The van der Waals surface area contributed by atoms with Crippen LogP contribution in [0.25, 0.3) is 11.3 Å². The number of nitrogens with one attached hydrogen (secondary N) is 1. The van der Waals surface area contributed by atoms with Crippen molar-refractivity contribution in [2.45, 2.75) is 13.1 Å². The van der Waals surface area contributed by atoms with Gasteiger partial charge in [0.1, 0.15) is 0 Å². The van der Waals surface area contributed by atoms with Crippen molar-refractivity contribution in [2.24, 2.45) is 0 Å². The zero-order valence-corrected chi connectivity index (χ0v) is 11.7. The largest absolute Gasteiger partial charge is 0.416 e. The van der Waals surface area contributed by atoms with Crippen LogP contribution in [0.2, 0.25) is 5.02 Å². The Hall–Kier alpha value is -1.60. The van der Waals surface area contributed by atoms with Crippen molar-refractivity contribution in [3.63, 3.8) is 0 Å². The van der Waals surface area contributed by atoms with Crippen molar-refractivity contribution in [3.05, 3.63) is 34.2 Å². The number of benzene rings is 1. The number of alkyl halides is 3. The number of anilines is 1. The highest BCUT2D eigenvalue weighted by atomic mass is 35.5. The quantitative estimate of drug-likeness (QED) is 0.888. The molecule has 0 aliphatic heterocycles. The van der Waals surface area contributed by atoms with Crippen molar-refractivity contribution < 1.29 is 18.0 Å². The summed E-state index contributed by atoms with van der Waals surface area (Å²) in [5.41, 5.74) is -0.265. The number of hydrogen-bond donors (Lipinski definition) is 1. The van der Waals surface area contributed by atoms with Crippen LogP contribution in [0, 0.1) is 0 Å². The van der Waals surface area contributed by atoms with Crippen LogP contribution in [-0.2, 0) is 11.0 Å². The van der Waals surface area contributed by atoms with Gasteiger partial charge < -0.3 is 5.32 Å². The first-order chi connectivity index (χ1) is 9.25. The van der Waals surface area contributed by atoms with E-state index in [1.54, 1.807) is 5.38 Å². The summed E-state index contributed by atoms with van der Waals surface area (Å²) in [6.07, 6.45) is -4.48. The minimum atomic E-state index is -4.48. The molecule has 0 radical (unpaired) electrons. The van der Waals surface area contributed by atoms with Crippen molar-refractivity contribution in [1.29, 1.82) is 0 Å². The summed E-state index contributed by atoms with van der Waals surface area (Å²) in [6, 6.07) is 3.22. The first kappa shape index (κ1) is 14.8. The minimum absolute atomic E-state index is 0.0242. The number of carbonyl (C=O) groups is 1. The van der Waals surface area contributed by atoms with E-state index in [-0.39, 0.29) is 16.5 Å². The monoisotopic (exact) mass is 320 g/mol. The molecule has 0 aliphatic rings. The molecule has 0 spiro atoms. The molecule has 0 saturated heterocycles. The van der Waals surface area contributed by atoms with Crippen LogP contribution < -0.4 is 5.32 Å². The van der Waals surface area contributed by atoms with Gasteiger partial charge in [0.05, 0.1) is 11.3 Å². The molecule has 0 unspecified atom stereocenters. The van der Waals surface area contributed by atoms with Crippen molar-refractivity contribution in [3.8, 4) is 11.3 Å². The van der Waals surface area contributed by atoms with Crippen LogP contribution in [0.5, 0.6) is 0 Å². The summed E-state index contributed by atoms with van der Waals surface area (Å²) < 4.78 is 38.1. The molecule has 1 heterocycles. The summed E-state index contributed by atoms with van der Waals surface area (Å²) in [7, 11) is 0. The topological polar surface area (TPSA) is 42.0 Å². The molecule has 1 aromatic heterocycles. The average Bonchev–Trinajstić information content (AvgIpc) is 2.74. The standard InChI is InChI=1S/C12H8ClF3N2OS/c1-6(19)17-11-18-10(5-20-11)7-2-8(12(14,15)16)4-9(13)3-7/h2-5H,1H3,(H,17,18,19). The van der Waals surface area contributed by atoms with Gasteiger partial charge in [0, 0.05) is 22.9 Å². The maximum Gasteiger partial charge on any atom is 0.416 e. The molecular weight excluding hydrogens is 313 g/mol. The SMILES string of the molecule is CC(=O)Nc1nc(-c2cc(Cl)cc(C(F)(F)F)c2)cs1. The molecule has 2 aromatic rings. The summed E-state index contributed by atoms with van der Waals surface area (Å²) in [6.45, 7) is 1.32. The van der Waals surface area contributed by atoms with E-state index in [4.69, 9.17) is 11.6 Å². The van der Waals surface area contributed by atoms with Crippen LogP contribution in [0.3, 0.4) is 0 Å². The van der Waals surface area contributed by atoms with E-state index in [9.17, 15) is 18.0 Å². The normalized spacial score (nSPS) is 11.4. The zero-order chi connectivity index (χ0) is 14.9. The van der Waals surface area contributed by atoms with E-state index >= 15 is 0 Å². The second-order valence-electron chi connectivity index (χ2n) is 3.95. The number of carbonyl (C=O) groups excluding carboxylic acids is 1. The Morgan fingerprint density at radius 3 is 2.65 bits per heavy atom. The lowest BCUT2D eigenvalue weighted by molar-refractivity contribution is -0.137. The van der Waals surface area contributed by atoms with Crippen molar-refractivity contribution >= 4 is 34.0 Å². The number of thiazole rings is 1. The molecule has 1 amide bonds. The molecule has 0 saturated carbocycles. The fraction of sp³-hybridized carbons (Fsp3) is 0.167. The van der Waals surface area contributed by atoms with Gasteiger partial charge >= 0.3 is 6.18 Å². The summed E-state index contributed by atoms with van der Waals surface area (Å²) in [5.74, 6) is -0.298. The van der Waals surface area contributed by atoms with E-state index in [0.717, 1.165) is 23.5 Å². The van der Waals surface area contributed by atoms with E-state index in [0.29, 0.717) is 10.8 Å². The first-order valence-electron chi connectivity index (χ1n) is 5.37. The van der Waals surface area contributed by atoms with E-state index < -0.39 is 11.7 Å². The van der Waals surface area contributed by atoms with Crippen molar-refractivity contribution in [2.75, 3.05) is 5.32 Å². The summed E-state index contributed by atoms with van der Waals surface area (Å²) in [5, 5.41) is 4.32. The summed E-state index contributed by atoms with van der Waals surface area (Å²) >= 11 is 6.83. The highest BCUT2D eigenvalue weighted by molar-refractivity contribution is 7.14. The fourth-order valence-electron chi connectivity index (χ4n) is 1.52. The Bertz CT molecular complexity index is 654. The van der Waals surface area contributed by atoms with Gasteiger partial charge in [0.2, 0.25) is 5.91 Å². The summed E-state index contributed by atoms with van der Waals surface area (Å²) in [4.78, 5) is 14.9. The van der Waals surface area contributed by atoms with Gasteiger partial charge in [-0.05, 0) is 18.2 Å². The van der Waals surface area contributed by atoms with Crippen LogP contribution in [0.15, 0.2) is 23.6 Å². The lowest BCUT2D eigenvalue weighted by Gasteiger charge is -2.08. The molecular formula is C12H8ClF3N2OS. The average molecular weight is 321 g/mol. The van der Waals surface area contributed by atoms with E-state index in [1.807, 2.05) is 0 Å². The highest BCUT2D eigenvalue weighted by Gasteiger charge is 2.31. The fourth-order valence-corrected chi connectivity index (χ4v) is 2.52. The van der Waals surface area contributed by atoms with Crippen molar-refractivity contribution in [1.82, 2.24) is 4.98 Å². The molecule has 0 atom stereocenters. The van der Waals surface area contributed by atoms with Gasteiger partial charge in [-0.2, -0.15) is 13.2 Å². The van der Waals surface area contributed by atoms with Gasteiger partial charge in [-0.25, -0.2) is 4.98 Å². The maximum atomic E-state index is 12.7. The molecule has 0 bridgehead atoms. The molecule has 8 heteroatoms. The van der Waals surface area contributed by atoms with Gasteiger partial charge in [-0.3, -0.25) is 4.79 Å². The number of amides is 1. The number of hydrogen-bond acceptors (Lipinski definition) is 3. The van der Waals surface area contributed by atoms with Crippen LogP contribution in [-0.4, -0.2) is 10.9 Å². The minimum Gasteiger partial charge on any atom is -0.302 e. The number of aromatic nitrogens is 1. The van der Waals surface area contributed by atoms with Gasteiger partial charge in [-0.15, -0.1) is 11.3 Å². The third-order valence-electron chi connectivity index (χ3n) is 2.31. The highest BCUT2D eigenvalue weighted by Crippen LogP contribution is 2.35. The lowest BCUT2D eigenvalue weighted by atomic mass is 10.1. The van der Waals surface area contributed by atoms with E-state index in [1.165, 1.54) is 13.0 Å². The van der Waals surface area contributed by atoms with Gasteiger partial charge in [0.25, 0.3) is 0 Å². The molecule has 0 fully saturated rings. The maximum absolute atomic E-state index is 12.7. The van der Waals surface area contributed by atoms with Crippen LogP contribution in [0.4, 0.5) is 18.3 Å². The molecule has 1 aromatic carbocycles. The molecule has 3 nitrogen and oxygen atoms in total. The van der Waals surface area contributed by atoms with Gasteiger partial charge in [0.15, 0.2) is 5.13 Å². The number of nitrogens with zero attached hydrogens (tertiary/aromatic N) is 1. The predicted octanol–water partition coefficient (Wildman–Crippen LogP) is 4.44. The molecule has 20 heavy (non-hydrogen) atoms. The molecule has 1 N–H and O–H groups in total. The second kappa shape index (κ2) is 5.41. The smallest absolute Gasteiger partial charge is 0.302 e. The zero-order valence-electron chi connectivity index (χ0n) is 10.1. The Labute approximate surface area is 121 Å². The van der Waals surface area contributed by atoms with E-state index in [2.05, 4.69) is 10.3 Å². The second-order valence-corrected chi connectivity index (χ2v) is 5.24. The molecule has 0 aliphatic carbocycles. The Kier molecular flexibility index (Phi) is 4.01. The Balaban J connectivity index is 2.40. The predicted molar refractivity (Wildman–Crippen MR) is 71.9 cm³/mol. The van der Waals surface area contributed by atoms with Gasteiger partial charge in [-0.1, -0.05) is 11.6 Å².